The smallest absolute Gasteiger partial charge is 0.191 e. The quantitative estimate of drug-likeness (QED) is 0.600. The first-order chi connectivity index (χ1) is 8.96. The molecule has 3 nitrogen and oxygen atoms in total. The number of hydrogen-bond acceptors (Lipinski definition) is 3. The van der Waals surface area contributed by atoms with Crippen LogP contribution in [-0.4, -0.2) is 37.1 Å². The van der Waals surface area contributed by atoms with Crippen LogP contribution in [0.5, 0.6) is 0 Å². The van der Waals surface area contributed by atoms with Crippen LogP contribution in [0.3, 0.4) is 0 Å². The highest BCUT2D eigenvalue weighted by molar-refractivity contribution is 9.11. The molecule has 0 amide bonds. The standard InChI is InChI=1S/C13H22BrN3S2/c1-13(2,18-4)9-17-12(15-3)16-8-7-10-5-6-11(14)19-10/h5-6H,7-9H2,1-4H3,(H2,15,16,17). The van der Waals surface area contributed by atoms with Gasteiger partial charge in [-0.05, 0) is 54.6 Å². The van der Waals surface area contributed by atoms with Gasteiger partial charge in [-0.1, -0.05) is 0 Å². The van der Waals surface area contributed by atoms with E-state index in [2.05, 4.69) is 63.8 Å². The lowest BCUT2D eigenvalue weighted by Crippen LogP contribution is -2.43. The Morgan fingerprint density at radius 3 is 2.68 bits per heavy atom. The van der Waals surface area contributed by atoms with Crippen LogP contribution in [-0.2, 0) is 6.42 Å². The monoisotopic (exact) mass is 363 g/mol. The van der Waals surface area contributed by atoms with Gasteiger partial charge in [0.2, 0.25) is 0 Å². The first-order valence-corrected chi connectivity index (χ1v) is 9.04. The van der Waals surface area contributed by atoms with E-state index >= 15 is 0 Å². The van der Waals surface area contributed by atoms with Gasteiger partial charge in [0.15, 0.2) is 5.96 Å². The zero-order chi connectivity index (χ0) is 14.3. The normalized spacial score (nSPS) is 12.6. The van der Waals surface area contributed by atoms with E-state index in [1.54, 1.807) is 11.3 Å². The van der Waals surface area contributed by atoms with Gasteiger partial charge in [-0.25, -0.2) is 0 Å². The highest BCUT2D eigenvalue weighted by Crippen LogP contribution is 2.22. The van der Waals surface area contributed by atoms with E-state index in [1.807, 2.05) is 18.8 Å². The van der Waals surface area contributed by atoms with Crippen LogP contribution in [0.2, 0.25) is 0 Å². The van der Waals surface area contributed by atoms with Gasteiger partial charge < -0.3 is 10.6 Å². The van der Waals surface area contributed by atoms with E-state index < -0.39 is 0 Å². The van der Waals surface area contributed by atoms with Crippen molar-refractivity contribution in [1.29, 1.82) is 0 Å². The van der Waals surface area contributed by atoms with Gasteiger partial charge in [0.05, 0.1) is 3.79 Å². The molecule has 108 valence electrons. The third-order valence-electron chi connectivity index (χ3n) is 2.75. The number of thioether (sulfide) groups is 1. The third-order valence-corrected chi connectivity index (χ3v) is 5.68. The topological polar surface area (TPSA) is 36.4 Å². The lowest BCUT2D eigenvalue weighted by atomic mass is 10.2. The van der Waals surface area contributed by atoms with Crippen molar-refractivity contribution in [3.05, 3.63) is 20.8 Å². The zero-order valence-corrected chi connectivity index (χ0v) is 15.1. The Morgan fingerprint density at radius 2 is 2.16 bits per heavy atom. The van der Waals surface area contributed by atoms with E-state index in [0.29, 0.717) is 0 Å². The molecular formula is C13H22BrN3S2. The minimum Gasteiger partial charge on any atom is -0.356 e. The Morgan fingerprint density at radius 1 is 1.42 bits per heavy atom. The zero-order valence-electron chi connectivity index (χ0n) is 11.9. The van der Waals surface area contributed by atoms with Crippen molar-refractivity contribution < 1.29 is 0 Å². The molecule has 0 saturated carbocycles. The number of guanidine groups is 1. The number of nitrogens with zero attached hydrogens (tertiary/aromatic N) is 1. The van der Waals surface area contributed by atoms with Gasteiger partial charge >= 0.3 is 0 Å². The summed E-state index contributed by atoms with van der Waals surface area (Å²) in [6.07, 6.45) is 3.15. The Labute approximate surface area is 132 Å². The first kappa shape index (κ1) is 16.9. The van der Waals surface area contributed by atoms with Crippen molar-refractivity contribution in [3.8, 4) is 0 Å². The summed E-state index contributed by atoms with van der Waals surface area (Å²) in [6, 6.07) is 4.25. The largest absolute Gasteiger partial charge is 0.356 e. The Bertz CT molecular complexity index is 416. The van der Waals surface area contributed by atoms with Crippen LogP contribution < -0.4 is 10.6 Å². The fraction of sp³-hybridized carbons (Fsp3) is 0.615. The molecule has 0 fully saturated rings. The van der Waals surface area contributed by atoms with Crippen LogP contribution in [0.1, 0.15) is 18.7 Å². The predicted octanol–water partition coefficient (Wildman–Crippen LogP) is 3.36. The Kier molecular flexibility index (Phi) is 7.25. The summed E-state index contributed by atoms with van der Waals surface area (Å²) in [5, 5.41) is 6.71. The molecule has 0 aliphatic heterocycles. The maximum absolute atomic E-state index is 4.24. The highest BCUT2D eigenvalue weighted by Gasteiger charge is 2.15. The van der Waals surface area contributed by atoms with Crippen LogP contribution in [0.25, 0.3) is 0 Å². The van der Waals surface area contributed by atoms with Gasteiger partial charge in [-0.3, -0.25) is 4.99 Å². The van der Waals surface area contributed by atoms with Crippen molar-refractivity contribution in [1.82, 2.24) is 10.6 Å². The molecule has 2 N–H and O–H groups in total. The number of hydrogen-bond donors (Lipinski definition) is 2. The molecule has 19 heavy (non-hydrogen) atoms. The second-order valence-corrected chi connectivity index (χ2v) is 8.83. The fourth-order valence-electron chi connectivity index (χ4n) is 1.38. The van der Waals surface area contributed by atoms with Gasteiger partial charge in [-0.2, -0.15) is 11.8 Å². The molecule has 0 aliphatic rings. The van der Waals surface area contributed by atoms with Gasteiger partial charge in [0, 0.05) is 29.8 Å². The third kappa shape index (κ3) is 6.68. The number of nitrogens with one attached hydrogen (secondary N) is 2. The average molecular weight is 364 g/mol. The molecule has 0 spiro atoms. The number of thiophene rings is 1. The Hall–Kier alpha value is -0.200. The summed E-state index contributed by atoms with van der Waals surface area (Å²) in [6.45, 7) is 6.24. The van der Waals surface area contributed by atoms with Crippen LogP contribution >= 0.6 is 39.0 Å². The molecular weight excluding hydrogens is 342 g/mol. The van der Waals surface area contributed by atoms with E-state index in [1.165, 1.54) is 8.66 Å². The molecule has 1 heterocycles. The van der Waals surface area contributed by atoms with Gasteiger partial charge in [-0.15, -0.1) is 11.3 Å². The second-order valence-electron chi connectivity index (χ2n) is 4.77. The maximum Gasteiger partial charge on any atom is 0.191 e. The first-order valence-electron chi connectivity index (χ1n) is 6.21. The van der Waals surface area contributed by atoms with E-state index in [0.717, 1.165) is 25.5 Å². The highest BCUT2D eigenvalue weighted by atomic mass is 79.9. The minimum absolute atomic E-state index is 0.218. The van der Waals surface area contributed by atoms with Crippen molar-refractivity contribution >= 4 is 45.0 Å². The average Bonchev–Trinajstić information content (AvgIpc) is 2.79. The summed E-state index contributed by atoms with van der Waals surface area (Å²) >= 11 is 7.12. The molecule has 0 saturated heterocycles. The van der Waals surface area contributed by atoms with Crippen LogP contribution in [0, 0.1) is 0 Å². The van der Waals surface area contributed by atoms with E-state index in [4.69, 9.17) is 0 Å². The summed E-state index contributed by atoms with van der Waals surface area (Å²) in [5.74, 6) is 0.873. The van der Waals surface area contributed by atoms with Gasteiger partial charge in [0.25, 0.3) is 0 Å². The number of rotatable bonds is 6. The molecule has 1 rings (SSSR count). The van der Waals surface area contributed by atoms with E-state index in [9.17, 15) is 0 Å². The molecule has 1 aromatic heterocycles. The van der Waals surface area contributed by atoms with Crippen molar-refractivity contribution in [2.45, 2.75) is 25.0 Å². The second kappa shape index (κ2) is 8.17. The number of aliphatic imine (C=N–C) groups is 1. The predicted molar refractivity (Wildman–Crippen MR) is 92.7 cm³/mol. The molecule has 0 bridgehead atoms. The van der Waals surface area contributed by atoms with E-state index in [-0.39, 0.29) is 4.75 Å². The molecule has 1 aromatic rings. The lowest BCUT2D eigenvalue weighted by molar-refractivity contribution is 0.664. The lowest BCUT2D eigenvalue weighted by Gasteiger charge is -2.23. The summed E-state index contributed by atoms with van der Waals surface area (Å²) in [4.78, 5) is 5.62. The Balaban J connectivity index is 2.30. The maximum atomic E-state index is 4.24. The summed E-state index contributed by atoms with van der Waals surface area (Å²) in [7, 11) is 1.81. The molecule has 0 aromatic carbocycles. The molecule has 6 heteroatoms. The molecule has 0 radical (unpaired) electrons. The molecule has 0 unspecified atom stereocenters. The minimum atomic E-state index is 0.218. The summed E-state index contributed by atoms with van der Waals surface area (Å²) < 4.78 is 1.41. The SMILES string of the molecule is CN=C(NCCc1ccc(Br)s1)NCC(C)(C)SC. The van der Waals surface area contributed by atoms with Gasteiger partial charge in [0.1, 0.15) is 0 Å². The van der Waals surface area contributed by atoms with Crippen LogP contribution in [0.15, 0.2) is 20.9 Å². The number of halogens is 1. The fourth-order valence-corrected chi connectivity index (χ4v) is 3.08. The van der Waals surface area contributed by atoms with Crippen molar-refractivity contribution in [2.24, 2.45) is 4.99 Å². The molecule has 0 atom stereocenters. The summed E-state index contributed by atoms with van der Waals surface area (Å²) in [5.41, 5.74) is 0. The molecule has 0 aliphatic carbocycles. The van der Waals surface area contributed by atoms with Crippen molar-refractivity contribution in [3.63, 3.8) is 0 Å². The van der Waals surface area contributed by atoms with Crippen molar-refractivity contribution in [2.75, 3.05) is 26.4 Å². The van der Waals surface area contributed by atoms with Crippen LogP contribution in [0.4, 0.5) is 0 Å².